The summed E-state index contributed by atoms with van der Waals surface area (Å²) in [7, 11) is 0. The largest absolute Gasteiger partial charge is 0.506 e. The summed E-state index contributed by atoms with van der Waals surface area (Å²) < 4.78 is 44.9. The van der Waals surface area contributed by atoms with E-state index < -0.39 is 56.8 Å². The van der Waals surface area contributed by atoms with Gasteiger partial charge in [-0.2, -0.15) is 0 Å². The third-order valence-electron chi connectivity index (χ3n) is 2.56. The zero-order valence-electron chi connectivity index (χ0n) is 9.46. The first-order valence-electron chi connectivity index (χ1n) is 4.97. The summed E-state index contributed by atoms with van der Waals surface area (Å²) in [5.41, 5.74) is -0.0250. The minimum atomic E-state index is -1.80. The SMILES string of the molecule is N=CC(=O)c1c(O)c2c(F)c(F)c(N)c(F)c2oc1=O. The molecule has 0 aliphatic heterocycles. The molecule has 0 amide bonds. The molecule has 4 N–H and O–H groups in total. The van der Waals surface area contributed by atoms with Crippen LogP contribution in [0.4, 0.5) is 18.9 Å². The second-order valence-corrected chi connectivity index (χ2v) is 3.68. The lowest BCUT2D eigenvalue weighted by atomic mass is 10.1. The Kier molecular flexibility index (Phi) is 2.97. The van der Waals surface area contributed by atoms with Gasteiger partial charge in [-0.15, -0.1) is 0 Å². The van der Waals surface area contributed by atoms with Crippen molar-refractivity contribution in [2.75, 3.05) is 5.73 Å². The average molecular weight is 286 g/mol. The minimum Gasteiger partial charge on any atom is -0.506 e. The number of Topliss-reactive ketones (excluding diaryl/α,β-unsaturated/α-hetero) is 1. The molecule has 0 atom stereocenters. The Morgan fingerprint density at radius 1 is 1.25 bits per heavy atom. The van der Waals surface area contributed by atoms with Crippen molar-refractivity contribution in [1.29, 1.82) is 5.41 Å². The fraction of sp³-hybridized carbons (Fsp3) is 0. The van der Waals surface area contributed by atoms with Crippen molar-refractivity contribution in [1.82, 2.24) is 0 Å². The molecule has 0 saturated carbocycles. The summed E-state index contributed by atoms with van der Waals surface area (Å²) in [5.74, 6) is -7.79. The Morgan fingerprint density at radius 3 is 2.40 bits per heavy atom. The molecule has 9 heteroatoms. The van der Waals surface area contributed by atoms with Gasteiger partial charge in [-0.05, 0) is 0 Å². The number of fused-ring (bicyclic) bond motifs is 1. The number of halogens is 3. The molecule has 0 unspecified atom stereocenters. The minimum absolute atomic E-state index is 0.153. The van der Waals surface area contributed by atoms with Crippen LogP contribution in [-0.4, -0.2) is 17.1 Å². The number of anilines is 1. The highest BCUT2D eigenvalue weighted by molar-refractivity contribution is 6.35. The summed E-state index contributed by atoms with van der Waals surface area (Å²) in [6.45, 7) is 0. The number of nitrogens with two attached hydrogens (primary N) is 1. The van der Waals surface area contributed by atoms with Crippen molar-refractivity contribution in [2.24, 2.45) is 0 Å². The van der Waals surface area contributed by atoms with Crippen molar-refractivity contribution in [3.63, 3.8) is 0 Å². The molecule has 0 aliphatic rings. The van der Waals surface area contributed by atoms with Crippen LogP contribution in [0.3, 0.4) is 0 Å². The van der Waals surface area contributed by atoms with Crippen LogP contribution in [0.1, 0.15) is 10.4 Å². The standard InChI is InChI=1S/C11H5F3N2O4/c12-5-4-9(18)3(2(17)1-15)11(19)20-10(4)7(14)8(16)6(5)13/h1,15,18H,16H2. The van der Waals surface area contributed by atoms with Crippen LogP contribution in [0, 0.1) is 22.9 Å². The lowest BCUT2D eigenvalue weighted by molar-refractivity contribution is 0.106. The topological polar surface area (TPSA) is 117 Å². The number of aromatic hydroxyl groups is 1. The van der Waals surface area contributed by atoms with Crippen LogP contribution in [0.25, 0.3) is 11.0 Å². The van der Waals surface area contributed by atoms with E-state index in [2.05, 4.69) is 4.42 Å². The van der Waals surface area contributed by atoms with Crippen LogP contribution in [0.2, 0.25) is 0 Å². The second kappa shape index (κ2) is 4.37. The van der Waals surface area contributed by atoms with Gasteiger partial charge >= 0.3 is 5.63 Å². The van der Waals surface area contributed by atoms with Gasteiger partial charge in [0.15, 0.2) is 28.6 Å². The van der Waals surface area contributed by atoms with Gasteiger partial charge in [-0.3, -0.25) is 4.79 Å². The van der Waals surface area contributed by atoms with Gasteiger partial charge in [0.25, 0.3) is 0 Å². The maximum atomic E-state index is 13.7. The Balaban J connectivity index is 3.12. The van der Waals surface area contributed by atoms with E-state index >= 15 is 0 Å². The molecule has 0 aliphatic carbocycles. The smallest absolute Gasteiger partial charge is 0.351 e. The summed E-state index contributed by atoms with van der Waals surface area (Å²) in [6.07, 6.45) is 0.153. The van der Waals surface area contributed by atoms with Crippen LogP contribution in [0.5, 0.6) is 5.75 Å². The third kappa shape index (κ3) is 1.63. The Labute approximate surface area is 107 Å². The summed E-state index contributed by atoms with van der Waals surface area (Å²) in [4.78, 5) is 22.7. The summed E-state index contributed by atoms with van der Waals surface area (Å²) >= 11 is 0. The number of nitrogen functional groups attached to an aromatic ring is 1. The van der Waals surface area contributed by atoms with Crippen LogP contribution in [0.15, 0.2) is 9.21 Å². The van der Waals surface area contributed by atoms with E-state index in [-0.39, 0.29) is 6.21 Å². The van der Waals surface area contributed by atoms with E-state index in [9.17, 15) is 27.9 Å². The normalized spacial score (nSPS) is 10.8. The van der Waals surface area contributed by atoms with Crippen LogP contribution < -0.4 is 11.4 Å². The highest BCUT2D eigenvalue weighted by atomic mass is 19.2. The predicted octanol–water partition coefficient (Wildman–Crippen LogP) is 1.33. The fourth-order valence-corrected chi connectivity index (χ4v) is 1.62. The first-order chi connectivity index (χ1) is 9.31. The molecule has 6 nitrogen and oxygen atoms in total. The number of carbonyl (C=O) groups excluding carboxylic acids is 1. The lowest BCUT2D eigenvalue weighted by Crippen LogP contribution is -2.16. The average Bonchev–Trinajstić information content (AvgIpc) is 2.41. The number of carbonyl (C=O) groups is 1. The van der Waals surface area contributed by atoms with Gasteiger partial charge in [0.1, 0.15) is 16.8 Å². The van der Waals surface area contributed by atoms with Crippen LogP contribution in [-0.2, 0) is 0 Å². The van der Waals surface area contributed by atoms with E-state index in [4.69, 9.17) is 11.1 Å². The molecule has 0 radical (unpaired) electrons. The maximum absolute atomic E-state index is 13.7. The van der Waals surface area contributed by atoms with E-state index in [1.165, 1.54) is 0 Å². The van der Waals surface area contributed by atoms with E-state index in [0.29, 0.717) is 0 Å². The molecule has 2 aromatic rings. The van der Waals surface area contributed by atoms with Gasteiger partial charge in [-0.1, -0.05) is 0 Å². The Bertz CT molecular complexity index is 829. The summed E-state index contributed by atoms with van der Waals surface area (Å²) in [5, 5.41) is 15.2. The Morgan fingerprint density at radius 2 is 1.85 bits per heavy atom. The number of hydrogen-bond donors (Lipinski definition) is 3. The predicted molar refractivity (Wildman–Crippen MR) is 61.5 cm³/mol. The molecule has 1 aromatic carbocycles. The number of rotatable bonds is 2. The van der Waals surface area contributed by atoms with Gasteiger partial charge in [-0.25, -0.2) is 18.0 Å². The van der Waals surface area contributed by atoms with Crippen molar-refractivity contribution < 1.29 is 27.5 Å². The second-order valence-electron chi connectivity index (χ2n) is 3.68. The van der Waals surface area contributed by atoms with Crippen molar-refractivity contribution in [2.45, 2.75) is 0 Å². The molecule has 2 rings (SSSR count). The quantitative estimate of drug-likeness (QED) is 0.253. The number of benzene rings is 1. The molecule has 0 spiro atoms. The van der Waals surface area contributed by atoms with E-state index in [1.54, 1.807) is 0 Å². The summed E-state index contributed by atoms with van der Waals surface area (Å²) in [6, 6.07) is 0. The van der Waals surface area contributed by atoms with Crippen molar-refractivity contribution in [3.05, 3.63) is 33.4 Å². The first kappa shape index (κ1) is 13.6. The highest BCUT2D eigenvalue weighted by Gasteiger charge is 2.28. The Hall–Kier alpha value is -2.84. The zero-order valence-corrected chi connectivity index (χ0v) is 9.46. The van der Waals surface area contributed by atoms with Crippen molar-refractivity contribution in [3.8, 4) is 5.75 Å². The van der Waals surface area contributed by atoms with E-state index in [0.717, 1.165) is 0 Å². The third-order valence-corrected chi connectivity index (χ3v) is 2.56. The molecular weight excluding hydrogens is 281 g/mol. The number of ketones is 1. The molecule has 1 heterocycles. The molecule has 0 bridgehead atoms. The first-order valence-corrected chi connectivity index (χ1v) is 4.97. The molecular formula is C11H5F3N2O4. The van der Waals surface area contributed by atoms with Crippen molar-refractivity contribution >= 4 is 28.7 Å². The fourth-order valence-electron chi connectivity index (χ4n) is 1.62. The van der Waals surface area contributed by atoms with Gasteiger partial charge < -0.3 is 20.7 Å². The van der Waals surface area contributed by atoms with Gasteiger partial charge in [0.2, 0.25) is 5.78 Å². The molecule has 0 saturated heterocycles. The number of hydrogen-bond acceptors (Lipinski definition) is 6. The lowest BCUT2D eigenvalue weighted by Gasteiger charge is -2.08. The zero-order chi connectivity index (χ0) is 15.2. The van der Waals surface area contributed by atoms with E-state index in [1.807, 2.05) is 0 Å². The maximum Gasteiger partial charge on any atom is 0.351 e. The molecule has 0 fully saturated rings. The molecule has 1 aromatic heterocycles. The highest BCUT2D eigenvalue weighted by Crippen LogP contribution is 2.35. The van der Waals surface area contributed by atoms with Gasteiger partial charge in [0, 0.05) is 0 Å². The molecule has 104 valence electrons. The monoisotopic (exact) mass is 286 g/mol. The van der Waals surface area contributed by atoms with Gasteiger partial charge in [0.05, 0.1) is 6.21 Å². The molecule has 20 heavy (non-hydrogen) atoms. The number of nitrogens with one attached hydrogen (secondary N) is 1. The van der Waals surface area contributed by atoms with Crippen LogP contribution >= 0.6 is 0 Å².